The van der Waals surface area contributed by atoms with Gasteiger partial charge in [0.1, 0.15) is 17.4 Å². The summed E-state index contributed by atoms with van der Waals surface area (Å²) >= 11 is 0. The predicted molar refractivity (Wildman–Crippen MR) is 145 cm³/mol. The second kappa shape index (κ2) is 10.5. The van der Waals surface area contributed by atoms with E-state index in [-0.39, 0.29) is 0 Å². The van der Waals surface area contributed by atoms with E-state index in [1.165, 1.54) is 5.69 Å². The third-order valence-electron chi connectivity index (χ3n) is 6.73. The molecule has 0 radical (unpaired) electrons. The van der Waals surface area contributed by atoms with Gasteiger partial charge in [0, 0.05) is 48.8 Å². The van der Waals surface area contributed by atoms with E-state index >= 15 is 0 Å². The number of methoxy groups -OCH3 is 1. The van der Waals surface area contributed by atoms with Crippen LogP contribution in [0.15, 0.2) is 55.0 Å². The van der Waals surface area contributed by atoms with E-state index in [9.17, 15) is 0 Å². The molecule has 1 aromatic carbocycles. The highest BCUT2D eigenvalue weighted by molar-refractivity contribution is 5.95. The standard InChI is InChI=1S/C27H30N8O2/c1-36-23-17-29-16-22-25(23)27(32-20-7-8-28-15-20)34-26(33-22)18-6-9-30-24(14-18)31-19-2-4-21(5-3-19)35-10-12-37-13-11-35/h2-6,9,14,16-17,20,28H,7-8,10-13,15H2,1H3,(H,30,31)(H,32,33,34)/t20-/m1/s1. The topological polar surface area (TPSA) is 109 Å². The minimum atomic E-state index is 0.291. The summed E-state index contributed by atoms with van der Waals surface area (Å²) in [5.74, 6) is 2.72. The Hall–Kier alpha value is -4.02. The van der Waals surface area contributed by atoms with Gasteiger partial charge in [-0.25, -0.2) is 15.0 Å². The third kappa shape index (κ3) is 5.11. The van der Waals surface area contributed by atoms with E-state index in [2.05, 4.69) is 55.1 Å². The molecule has 10 nitrogen and oxygen atoms in total. The van der Waals surface area contributed by atoms with E-state index < -0.39 is 0 Å². The maximum Gasteiger partial charge on any atom is 0.162 e. The average Bonchev–Trinajstić information content (AvgIpc) is 3.47. The summed E-state index contributed by atoms with van der Waals surface area (Å²) in [6.07, 6.45) is 6.24. The van der Waals surface area contributed by atoms with Crippen LogP contribution >= 0.6 is 0 Å². The van der Waals surface area contributed by atoms with Crippen molar-refractivity contribution in [1.29, 1.82) is 0 Å². The Labute approximate surface area is 215 Å². The summed E-state index contributed by atoms with van der Waals surface area (Å²) < 4.78 is 11.0. The molecule has 0 spiro atoms. The smallest absolute Gasteiger partial charge is 0.162 e. The van der Waals surface area contributed by atoms with Crippen LogP contribution in [0.4, 0.5) is 23.0 Å². The molecule has 0 amide bonds. The molecule has 5 heterocycles. The molecule has 0 aliphatic carbocycles. The lowest BCUT2D eigenvalue weighted by atomic mass is 10.2. The summed E-state index contributed by atoms with van der Waals surface area (Å²) in [5.41, 5.74) is 3.75. The quantitative estimate of drug-likeness (QED) is 0.350. The number of nitrogens with zero attached hydrogens (tertiary/aromatic N) is 5. The van der Waals surface area contributed by atoms with Crippen LogP contribution in [-0.4, -0.2) is 72.5 Å². The van der Waals surface area contributed by atoms with Crippen molar-refractivity contribution in [3.8, 4) is 17.1 Å². The van der Waals surface area contributed by atoms with Gasteiger partial charge in [0.25, 0.3) is 0 Å². The van der Waals surface area contributed by atoms with Crippen LogP contribution in [0.2, 0.25) is 0 Å². The molecule has 6 rings (SSSR count). The van der Waals surface area contributed by atoms with Gasteiger partial charge < -0.3 is 30.3 Å². The fraction of sp³-hybridized carbons (Fsp3) is 0.333. The molecular formula is C27H30N8O2. The molecule has 37 heavy (non-hydrogen) atoms. The number of benzene rings is 1. The van der Waals surface area contributed by atoms with E-state index in [0.29, 0.717) is 17.6 Å². The van der Waals surface area contributed by atoms with Crippen molar-refractivity contribution < 1.29 is 9.47 Å². The molecule has 0 bridgehead atoms. The molecule has 2 saturated heterocycles. The minimum absolute atomic E-state index is 0.291. The second-order valence-corrected chi connectivity index (χ2v) is 9.17. The summed E-state index contributed by atoms with van der Waals surface area (Å²) in [7, 11) is 1.64. The lowest BCUT2D eigenvalue weighted by Gasteiger charge is -2.28. The van der Waals surface area contributed by atoms with Gasteiger partial charge in [-0.05, 0) is 49.4 Å². The summed E-state index contributed by atoms with van der Waals surface area (Å²) in [6.45, 7) is 5.24. The molecule has 10 heteroatoms. The molecule has 0 saturated carbocycles. The number of pyridine rings is 2. The first-order valence-corrected chi connectivity index (χ1v) is 12.6. The molecular weight excluding hydrogens is 468 g/mol. The Morgan fingerprint density at radius 3 is 2.73 bits per heavy atom. The molecule has 1 atom stereocenters. The highest BCUT2D eigenvalue weighted by atomic mass is 16.5. The Balaban J connectivity index is 1.28. The average molecular weight is 499 g/mol. The van der Waals surface area contributed by atoms with Gasteiger partial charge in [0.2, 0.25) is 0 Å². The van der Waals surface area contributed by atoms with Crippen LogP contribution in [0.5, 0.6) is 5.75 Å². The van der Waals surface area contributed by atoms with Gasteiger partial charge in [-0.1, -0.05) is 0 Å². The van der Waals surface area contributed by atoms with Crippen LogP contribution < -0.4 is 25.6 Å². The maximum atomic E-state index is 5.58. The van der Waals surface area contributed by atoms with Crippen LogP contribution in [-0.2, 0) is 4.74 Å². The largest absolute Gasteiger partial charge is 0.494 e. The Kier molecular flexibility index (Phi) is 6.66. The second-order valence-electron chi connectivity index (χ2n) is 9.17. The van der Waals surface area contributed by atoms with Gasteiger partial charge in [-0.3, -0.25) is 4.98 Å². The number of nitrogens with one attached hydrogen (secondary N) is 3. The normalized spacial score (nSPS) is 17.6. The van der Waals surface area contributed by atoms with Crippen molar-refractivity contribution in [3.63, 3.8) is 0 Å². The lowest BCUT2D eigenvalue weighted by Crippen LogP contribution is -2.36. The van der Waals surface area contributed by atoms with Crippen molar-refractivity contribution in [2.24, 2.45) is 0 Å². The fourth-order valence-electron chi connectivity index (χ4n) is 4.78. The molecule has 2 aliphatic heterocycles. The summed E-state index contributed by atoms with van der Waals surface area (Å²) in [4.78, 5) is 20.9. The van der Waals surface area contributed by atoms with Crippen molar-refractivity contribution in [3.05, 3.63) is 55.0 Å². The first-order chi connectivity index (χ1) is 18.3. The molecule has 3 aromatic heterocycles. The van der Waals surface area contributed by atoms with Gasteiger partial charge in [0.05, 0.1) is 43.6 Å². The Morgan fingerprint density at radius 2 is 1.95 bits per heavy atom. The van der Waals surface area contributed by atoms with Crippen molar-refractivity contribution in [1.82, 2.24) is 25.3 Å². The SMILES string of the molecule is COc1cncc2nc(-c3ccnc(Nc4ccc(N5CCOCC5)cc4)c3)nc(N[C@@H]3CCNC3)c12. The summed E-state index contributed by atoms with van der Waals surface area (Å²) in [6, 6.07) is 12.6. The number of rotatable bonds is 7. The number of hydrogen-bond acceptors (Lipinski definition) is 10. The Morgan fingerprint density at radius 1 is 1.08 bits per heavy atom. The first-order valence-electron chi connectivity index (χ1n) is 12.6. The van der Waals surface area contributed by atoms with Gasteiger partial charge in [0.15, 0.2) is 5.82 Å². The van der Waals surface area contributed by atoms with E-state index in [4.69, 9.17) is 19.4 Å². The van der Waals surface area contributed by atoms with Crippen molar-refractivity contribution >= 4 is 33.9 Å². The molecule has 2 aliphatic rings. The molecule has 0 unspecified atom stereocenters. The predicted octanol–water partition coefficient (Wildman–Crippen LogP) is 3.45. The van der Waals surface area contributed by atoms with E-state index in [0.717, 1.165) is 79.6 Å². The number of fused-ring (bicyclic) bond motifs is 1. The van der Waals surface area contributed by atoms with Crippen LogP contribution in [0.1, 0.15) is 6.42 Å². The number of ether oxygens (including phenoxy) is 2. The van der Waals surface area contributed by atoms with Crippen LogP contribution in [0, 0.1) is 0 Å². The first kappa shape index (κ1) is 23.4. The molecule has 2 fully saturated rings. The van der Waals surface area contributed by atoms with E-state index in [1.54, 1.807) is 25.7 Å². The zero-order valence-electron chi connectivity index (χ0n) is 20.8. The zero-order chi connectivity index (χ0) is 25.0. The summed E-state index contributed by atoms with van der Waals surface area (Å²) in [5, 5.41) is 11.2. The third-order valence-corrected chi connectivity index (χ3v) is 6.73. The van der Waals surface area contributed by atoms with Crippen molar-refractivity contribution in [2.75, 3.05) is 62.0 Å². The minimum Gasteiger partial charge on any atom is -0.494 e. The van der Waals surface area contributed by atoms with Crippen LogP contribution in [0.25, 0.3) is 22.3 Å². The molecule has 3 N–H and O–H groups in total. The highest BCUT2D eigenvalue weighted by Gasteiger charge is 2.20. The van der Waals surface area contributed by atoms with Crippen LogP contribution in [0.3, 0.4) is 0 Å². The number of morpholine rings is 1. The Bertz CT molecular complexity index is 1370. The molecule has 190 valence electrons. The highest BCUT2D eigenvalue weighted by Crippen LogP contribution is 2.33. The number of aromatic nitrogens is 4. The van der Waals surface area contributed by atoms with Gasteiger partial charge in [-0.15, -0.1) is 0 Å². The monoisotopic (exact) mass is 498 g/mol. The van der Waals surface area contributed by atoms with Gasteiger partial charge >= 0.3 is 0 Å². The number of anilines is 4. The van der Waals surface area contributed by atoms with Gasteiger partial charge in [-0.2, -0.15) is 0 Å². The fourth-order valence-corrected chi connectivity index (χ4v) is 4.78. The number of hydrogen-bond donors (Lipinski definition) is 3. The maximum absolute atomic E-state index is 5.58. The van der Waals surface area contributed by atoms with E-state index in [1.807, 2.05) is 12.1 Å². The van der Waals surface area contributed by atoms with Crippen molar-refractivity contribution in [2.45, 2.75) is 12.5 Å². The molecule has 4 aromatic rings. The lowest BCUT2D eigenvalue weighted by molar-refractivity contribution is 0.122. The zero-order valence-corrected chi connectivity index (χ0v) is 20.8.